The molecule has 2 heterocycles. The van der Waals surface area contributed by atoms with Crippen LogP contribution in [0.3, 0.4) is 0 Å². The number of pyridine rings is 1. The second kappa shape index (κ2) is 11.5. The predicted octanol–water partition coefficient (Wildman–Crippen LogP) is 5.32. The fraction of sp³-hybridized carbons (Fsp3) is 0.308. The highest BCUT2D eigenvalue weighted by molar-refractivity contribution is 6.35. The summed E-state index contributed by atoms with van der Waals surface area (Å²) in [5.41, 5.74) is 3.95. The first-order chi connectivity index (χ1) is 16.1. The van der Waals surface area contributed by atoms with E-state index >= 15 is 0 Å². The number of aromatic nitrogens is 1. The van der Waals surface area contributed by atoms with Crippen LogP contribution in [0.25, 0.3) is 0 Å². The largest absolute Gasteiger partial charge is 0.371 e. The Bertz CT molecular complexity index is 1070. The molecule has 3 aromatic rings. The van der Waals surface area contributed by atoms with Gasteiger partial charge in [-0.25, -0.2) is 0 Å². The number of rotatable bonds is 8. The molecule has 1 aliphatic rings. The highest BCUT2D eigenvalue weighted by Gasteiger charge is 2.20. The van der Waals surface area contributed by atoms with Crippen molar-refractivity contribution >= 4 is 34.8 Å². The summed E-state index contributed by atoms with van der Waals surface area (Å²) in [6, 6.07) is 17.3. The Labute approximate surface area is 205 Å². The van der Waals surface area contributed by atoms with E-state index < -0.39 is 0 Å². The number of nitrogens with one attached hydrogen (secondary N) is 2. The lowest BCUT2D eigenvalue weighted by Gasteiger charge is -2.33. The molecule has 1 amide bonds. The van der Waals surface area contributed by atoms with Crippen LogP contribution >= 0.6 is 23.2 Å². The minimum absolute atomic E-state index is 0.0193. The van der Waals surface area contributed by atoms with E-state index in [0.29, 0.717) is 41.2 Å². The molecule has 0 bridgehead atoms. The van der Waals surface area contributed by atoms with Crippen LogP contribution in [0.5, 0.6) is 0 Å². The molecule has 7 heteroatoms. The van der Waals surface area contributed by atoms with Gasteiger partial charge in [0.25, 0.3) is 5.91 Å². The Morgan fingerprint density at radius 1 is 1.00 bits per heavy atom. The number of hydrogen-bond acceptors (Lipinski definition) is 4. The van der Waals surface area contributed by atoms with Gasteiger partial charge in [-0.15, -0.1) is 0 Å². The van der Waals surface area contributed by atoms with Crippen molar-refractivity contribution in [2.24, 2.45) is 5.92 Å². The van der Waals surface area contributed by atoms with Gasteiger partial charge in [-0.1, -0.05) is 41.4 Å². The molecule has 1 fully saturated rings. The average Bonchev–Trinajstić information content (AvgIpc) is 2.85. The van der Waals surface area contributed by atoms with Gasteiger partial charge < -0.3 is 15.5 Å². The van der Waals surface area contributed by atoms with E-state index in [1.807, 2.05) is 60.9 Å². The topological polar surface area (TPSA) is 57.3 Å². The molecule has 0 atom stereocenters. The van der Waals surface area contributed by atoms with E-state index in [1.54, 1.807) is 6.07 Å². The van der Waals surface area contributed by atoms with Gasteiger partial charge in [-0.2, -0.15) is 0 Å². The molecule has 0 radical (unpaired) electrons. The molecule has 5 nitrogen and oxygen atoms in total. The van der Waals surface area contributed by atoms with Crippen molar-refractivity contribution in [3.63, 3.8) is 0 Å². The van der Waals surface area contributed by atoms with E-state index in [2.05, 4.69) is 20.5 Å². The summed E-state index contributed by atoms with van der Waals surface area (Å²) in [5, 5.41) is 7.78. The first-order valence-electron chi connectivity index (χ1n) is 11.3. The first-order valence-corrected chi connectivity index (χ1v) is 12.0. The Kier molecular flexibility index (Phi) is 8.21. The third-order valence-electron chi connectivity index (χ3n) is 6.04. The fourth-order valence-electron chi connectivity index (χ4n) is 4.12. The summed E-state index contributed by atoms with van der Waals surface area (Å²) in [5.74, 6) is 0.482. The van der Waals surface area contributed by atoms with Gasteiger partial charge in [0.2, 0.25) is 0 Å². The highest BCUT2D eigenvalue weighted by atomic mass is 35.5. The monoisotopic (exact) mass is 482 g/mol. The Hall–Kier alpha value is -2.60. The van der Waals surface area contributed by atoms with Crippen LogP contribution in [0.2, 0.25) is 10.0 Å². The standard InChI is InChI=1S/C26H28Cl2N4O/c27-23-5-4-22(25(28)15-23)18-30-16-20-2-1-3-21(14-20)26(33)31-17-19-8-12-32(13-9-19)24-6-10-29-11-7-24/h1-7,10-11,14-15,19,30H,8-9,12-13,16-18H2,(H,31,33). The van der Waals surface area contributed by atoms with Gasteiger partial charge in [0.15, 0.2) is 0 Å². The first kappa shape index (κ1) is 23.6. The normalized spacial score (nSPS) is 14.3. The molecule has 0 spiro atoms. The maximum atomic E-state index is 12.7. The second-order valence-electron chi connectivity index (χ2n) is 8.39. The Morgan fingerprint density at radius 3 is 2.55 bits per heavy atom. The van der Waals surface area contributed by atoms with E-state index in [4.69, 9.17) is 23.2 Å². The maximum absolute atomic E-state index is 12.7. The van der Waals surface area contributed by atoms with Gasteiger partial charge in [-0.05, 0) is 66.3 Å². The molecular formula is C26H28Cl2N4O. The molecule has 0 saturated carbocycles. The number of carbonyl (C=O) groups excluding carboxylic acids is 1. The third kappa shape index (κ3) is 6.70. The van der Waals surface area contributed by atoms with Crippen LogP contribution in [-0.2, 0) is 13.1 Å². The molecule has 1 saturated heterocycles. The summed E-state index contributed by atoms with van der Waals surface area (Å²) in [4.78, 5) is 19.2. The van der Waals surface area contributed by atoms with Crippen molar-refractivity contribution in [1.82, 2.24) is 15.6 Å². The minimum Gasteiger partial charge on any atom is -0.371 e. The molecule has 172 valence electrons. The fourth-order valence-corrected chi connectivity index (χ4v) is 4.59. The third-order valence-corrected chi connectivity index (χ3v) is 6.63. The van der Waals surface area contributed by atoms with Crippen LogP contribution in [0.1, 0.15) is 34.3 Å². The molecule has 1 aliphatic heterocycles. The number of carbonyl (C=O) groups is 1. The number of halogens is 2. The van der Waals surface area contributed by atoms with Gasteiger partial charge in [0, 0.05) is 66.4 Å². The van der Waals surface area contributed by atoms with Crippen LogP contribution < -0.4 is 15.5 Å². The highest BCUT2D eigenvalue weighted by Crippen LogP contribution is 2.23. The van der Waals surface area contributed by atoms with Crippen molar-refractivity contribution in [2.45, 2.75) is 25.9 Å². The van der Waals surface area contributed by atoms with E-state index in [1.165, 1.54) is 5.69 Å². The van der Waals surface area contributed by atoms with Crippen LogP contribution in [0, 0.1) is 5.92 Å². The number of benzene rings is 2. The molecule has 2 N–H and O–H groups in total. The summed E-state index contributed by atoms with van der Waals surface area (Å²) in [7, 11) is 0. The SMILES string of the molecule is O=C(NCC1CCN(c2ccncc2)CC1)c1cccc(CNCc2ccc(Cl)cc2Cl)c1. The van der Waals surface area contributed by atoms with Crippen molar-refractivity contribution in [3.8, 4) is 0 Å². The van der Waals surface area contributed by atoms with E-state index in [0.717, 1.165) is 37.1 Å². The van der Waals surface area contributed by atoms with Gasteiger partial charge in [0.05, 0.1) is 0 Å². The second-order valence-corrected chi connectivity index (χ2v) is 9.23. The number of amides is 1. The number of hydrogen-bond donors (Lipinski definition) is 2. The average molecular weight is 483 g/mol. The smallest absolute Gasteiger partial charge is 0.251 e. The zero-order chi connectivity index (χ0) is 23.0. The zero-order valence-corrected chi connectivity index (χ0v) is 19.9. The van der Waals surface area contributed by atoms with E-state index in [9.17, 15) is 4.79 Å². The lowest BCUT2D eigenvalue weighted by Crippen LogP contribution is -2.38. The van der Waals surface area contributed by atoms with Gasteiger partial charge >= 0.3 is 0 Å². The molecule has 4 rings (SSSR count). The predicted molar refractivity (Wildman–Crippen MR) is 135 cm³/mol. The summed E-state index contributed by atoms with van der Waals surface area (Å²) < 4.78 is 0. The maximum Gasteiger partial charge on any atom is 0.251 e. The number of piperidine rings is 1. The van der Waals surface area contributed by atoms with Crippen molar-refractivity contribution in [3.05, 3.63) is 93.7 Å². The Balaban J connectivity index is 1.22. The molecule has 1 aromatic heterocycles. The van der Waals surface area contributed by atoms with Crippen molar-refractivity contribution < 1.29 is 4.79 Å². The van der Waals surface area contributed by atoms with Crippen LogP contribution in [0.4, 0.5) is 5.69 Å². The van der Waals surface area contributed by atoms with Crippen LogP contribution in [-0.4, -0.2) is 30.5 Å². The zero-order valence-electron chi connectivity index (χ0n) is 18.4. The van der Waals surface area contributed by atoms with E-state index in [-0.39, 0.29) is 5.91 Å². The lowest BCUT2D eigenvalue weighted by atomic mass is 9.96. The van der Waals surface area contributed by atoms with Crippen molar-refractivity contribution in [2.75, 3.05) is 24.5 Å². The molecular weight excluding hydrogens is 455 g/mol. The lowest BCUT2D eigenvalue weighted by molar-refractivity contribution is 0.0945. The molecule has 2 aromatic carbocycles. The minimum atomic E-state index is -0.0193. The van der Waals surface area contributed by atoms with Gasteiger partial charge in [0.1, 0.15) is 0 Å². The quantitative estimate of drug-likeness (QED) is 0.455. The number of nitrogens with zero attached hydrogens (tertiary/aromatic N) is 2. The summed E-state index contributed by atoms with van der Waals surface area (Å²) in [6.45, 7) is 3.99. The van der Waals surface area contributed by atoms with Crippen molar-refractivity contribution in [1.29, 1.82) is 0 Å². The van der Waals surface area contributed by atoms with Gasteiger partial charge in [-0.3, -0.25) is 9.78 Å². The molecule has 0 aliphatic carbocycles. The summed E-state index contributed by atoms with van der Waals surface area (Å²) in [6.07, 6.45) is 5.80. The van der Waals surface area contributed by atoms with Crippen LogP contribution in [0.15, 0.2) is 67.0 Å². The Morgan fingerprint density at radius 2 is 1.79 bits per heavy atom. The molecule has 0 unspecified atom stereocenters. The molecule has 33 heavy (non-hydrogen) atoms. The summed E-state index contributed by atoms with van der Waals surface area (Å²) >= 11 is 12.2. The number of anilines is 1.